The predicted octanol–water partition coefficient (Wildman–Crippen LogP) is 2.53. The Bertz CT molecular complexity index is 2580. The molecule has 0 radical (unpaired) electrons. The zero-order chi connectivity index (χ0) is 60.9. The average Bonchev–Trinajstić information content (AvgIpc) is 3.89. The van der Waals surface area contributed by atoms with E-state index in [1.165, 1.54) is 25.2 Å². The van der Waals surface area contributed by atoms with E-state index in [9.17, 15) is 43.8 Å². The smallest absolute Gasteiger partial charge is 0.351 e. The summed E-state index contributed by atoms with van der Waals surface area (Å²) in [5, 5.41) is 49.5. The number of ketones is 1. The van der Waals surface area contributed by atoms with Crippen LogP contribution in [0.1, 0.15) is 113 Å². The van der Waals surface area contributed by atoms with Crippen LogP contribution in [0.3, 0.4) is 0 Å². The molecule has 452 valence electrons. The molecular weight excluding hydrogens is 1090 g/mol. The van der Waals surface area contributed by atoms with Gasteiger partial charge >= 0.3 is 17.9 Å². The number of carboxylic acid groups (broad SMARTS) is 2. The number of aliphatic hydroxyl groups excluding tert-OH is 1. The molecule has 3 aliphatic rings. The minimum Gasteiger partial charge on any atom is -0.481 e. The van der Waals surface area contributed by atoms with Gasteiger partial charge in [0.1, 0.15) is 40.4 Å². The van der Waals surface area contributed by atoms with Crippen molar-refractivity contribution in [1.29, 1.82) is 0 Å². The van der Waals surface area contributed by atoms with Crippen LogP contribution < -0.4 is 22.5 Å². The Balaban J connectivity index is 0.00000144. The number of esters is 1. The number of anilines is 1. The van der Waals surface area contributed by atoms with Crippen LogP contribution in [0.2, 0.25) is 0 Å². The number of nitrogens with one attached hydrogen (secondary N) is 1. The van der Waals surface area contributed by atoms with E-state index < -0.39 is 137 Å². The standard InChI is InChI=1S/C49H73FN8O13S.C4H7NO4/c1-12-34-49(9,65)42-27(5)38(56-37(60)13-2)25(3)19-47(7,41(28(6)40(62)48(8,50)46(64)70-34)71-45-39(61)33(58(10)11)18-26(4)69-45)67-22-31(21-66-42)57-68-23-30-15-14-29(20-53-30)44-55-36(24-72-44)54-43(63)32(51)16-17-35(52)59;5-2(4(8)9)1-3(6)7/h14-15,20,24-28,32-34,39,41-42,45,61,65H,12-13,16-19,21-23,51H2,1-11H3,(H2,52,59)(H,54,63);2H,1,5H2,(H,6,7)(H,8,9)/b56-38?,57-31+;/t25-,26-,27+,28+,32+,33+,34-,39-,41-,42+,45+,47-,48+,49-;/m1./s1. The first kappa shape index (κ1) is 67.7. The van der Waals surface area contributed by atoms with Crippen LogP contribution in [0.4, 0.5) is 10.2 Å². The Hall–Kier alpha value is -5.82. The fourth-order valence-electron chi connectivity index (χ4n) is 9.86. The van der Waals surface area contributed by atoms with Gasteiger partial charge in [0, 0.05) is 53.6 Å². The monoisotopic (exact) mass is 1170 g/mol. The van der Waals surface area contributed by atoms with Crippen molar-refractivity contribution in [3.8, 4) is 10.6 Å². The first-order valence-electron chi connectivity index (χ1n) is 26.6. The number of halogens is 1. The van der Waals surface area contributed by atoms with Gasteiger partial charge in [0.15, 0.2) is 18.7 Å². The largest absolute Gasteiger partial charge is 0.481 e. The number of oxime groups is 1. The number of aliphatic imine (C=N–C) groups is 1. The number of ether oxygens (including phenoxy) is 5. The van der Waals surface area contributed by atoms with Gasteiger partial charge in [-0.3, -0.25) is 33.8 Å². The van der Waals surface area contributed by atoms with Crippen LogP contribution in [0.25, 0.3) is 10.6 Å². The molecule has 26 nitrogen and oxygen atoms in total. The van der Waals surface area contributed by atoms with Crippen LogP contribution in [-0.2, 0) is 68.7 Å². The first-order valence-corrected chi connectivity index (χ1v) is 27.5. The number of primary amides is 1. The van der Waals surface area contributed by atoms with E-state index in [4.69, 9.17) is 55.9 Å². The van der Waals surface area contributed by atoms with E-state index in [1.54, 1.807) is 72.4 Å². The fraction of sp³-hybridized carbons (Fsp3) is 0.679. The number of likely N-dealkylation sites (N-methyl/N-ethyl adjacent to an activating group) is 1. The van der Waals surface area contributed by atoms with E-state index in [-0.39, 0.29) is 63.5 Å². The molecule has 81 heavy (non-hydrogen) atoms. The van der Waals surface area contributed by atoms with Crippen molar-refractivity contribution < 1.29 is 86.9 Å². The second-order valence-corrected chi connectivity index (χ2v) is 22.3. The van der Waals surface area contributed by atoms with E-state index in [0.717, 1.165) is 6.92 Å². The number of fused-ring (bicyclic) bond motifs is 5. The number of nitrogens with zero attached hydrogens (tertiary/aromatic N) is 5. The predicted molar refractivity (Wildman–Crippen MR) is 292 cm³/mol. The number of aliphatic hydroxyl groups is 2. The molecule has 0 saturated carbocycles. The van der Waals surface area contributed by atoms with E-state index >= 15 is 4.39 Å². The summed E-state index contributed by atoms with van der Waals surface area (Å²) in [6.07, 6.45) is -5.69. The van der Waals surface area contributed by atoms with Crippen LogP contribution in [0, 0.1) is 17.8 Å². The number of Topliss-reactive ketones (excluding diaryl/α,β-unsaturated/α-hetero) is 1. The molecule has 0 spiro atoms. The minimum absolute atomic E-state index is 0.0331. The van der Waals surface area contributed by atoms with Crippen LogP contribution in [0.5, 0.6) is 0 Å². The molecule has 2 aromatic rings. The van der Waals surface area contributed by atoms with E-state index in [0.29, 0.717) is 28.4 Å². The number of carbonyl (C=O) groups excluding carboxylic acids is 5. The van der Waals surface area contributed by atoms with Crippen LogP contribution >= 0.6 is 11.3 Å². The summed E-state index contributed by atoms with van der Waals surface area (Å²) in [5.41, 5.74) is 10.5. The van der Waals surface area contributed by atoms with Gasteiger partial charge in [-0.2, -0.15) is 0 Å². The summed E-state index contributed by atoms with van der Waals surface area (Å²) in [6, 6.07) is 0.775. The number of aliphatic carboxylic acids is 2. The van der Waals surface area contributed by atoms with Gasteiger partial charge in [-0.25, -0.2) is 19.2 Å². The minimum atomic E-state index is -3.26. The number of hydrogen-bond acceptors (Lipinski definition) is 22. The van der Waals surface area contributed by atoms with Crippen molar-refractivity contribution in [3.63, 3.8) is 0 Å². The summed E-state index contributed by atoms with van der Waals surface area (Å²) in [7, 11) is 3.60. The van der Waals surface area contributed by atoms with Crippen molar-refractivity contribution in [2.75, 3.05) is 32.6 Å². The lowest BCUT2D eigenvalue weighted by atomic mass is 9.73. The van der Waals surface area contributed by atoms with Gasteiger partial charge in [0.25, 0.3) is 5.67 Å². The number of carbonyl (C=O) groups is 7. The number of rotatable bonds is 17. The molecule has 0 aromatic carbocycles. The highest BCUT2D eigenvalue weighted by molar-refractivity contribution is 7.13. The molecule has 3 fully saturated rings. The number of aromatic nitrogens is 2. The second-order valence-electron chi connectivity index (χ2n) is 21.5. The fourth-order valence-corrected chi connectivity index (χ4v) is 10.6. The highest BCUT2D eigenvalue weighted by Crippen LogP contribution is 2.41. The highest BCUT2D eigenvalue weighted by atomic mass is 32.1. The van der Waals surface area contributed by atoms with Gasteiger partial charge in [-0.1, -0.05) is 39.8 Å². The Morgan fingerprint density at radius 2 is 1.70 bits per heavy atom. The van der Waals surface area contributed by atoms with Crippen molar-refractivity contribution in [3.05, 3.63) is 29.4 Å². The maximum Gasteiger partial charge on any atom is 0.351 e. The van der Waals surface area contributed by atoms with Crippen molar-refractivity contribution in [2.45, 2.75) is 186 Å². The third-order valence-corrected chi connectivity index (χ3v) is 15.3. The summed E-state index contributed by atoms with van der Waals surface area (Å²) in [5.74, 6) is -9.52. The maximum absolute atomic E-state index is 17.0. The summed E-state index contributed by atoms with van der Waals surface area (Å²) in [4.78, 5) is 106. The Morgan fingerprint density at radius 3 is 2.27 bits per heavy atom. The molecule has 11 N–H and O–H groups in total. The summed E-state index contributed by atoms with van der Waals surface area (Å²) < 4.78 is 49.1. The molecule has 1 unspecified atom stereocenters. The zero-order valence-electron chi connectivity index (χ0n) is 47.7. The molecule has 2 aromatic heterocycles. The molecule has 15 atom stereocenters. The molecule has 3 saturated heterocycles. The van der Waals surface area contributed by atoms with Crippen molar-refractivity contribution >= 4 is 70.0 Å². The van der Waals surface area contributed by atoms with Gasteiger partial charge in [0.05, 0.1) is 55.3 Å². The number of alkyl halides is 1. The maximum atomic E-state index is 17.0. The third kappa shape index (κ3) is 18.1. The molecule has 2 bridgehead atoms. The number of nitrogens with two attached hydrogens (primary N) is 3. The van der Waals surface area contributed by atoms with Gasteiger partial charge in [0.2, 0.25) is 17.7 Å². The molecule has 3 aliphatic heterocycles. The topological polar surface area (TPSA) is 400 Å². The SMILES string of the molecule is CCC(=O)N=C1[C@H](C)C[C@@]2(C)OC/C(=N/OCc3ccc(-c4nc(NC(=O)[C@@H](N)CCC(N)=O)cs4)cn3)CO[C@@H]([C@H]1C)[C@](C)(O)[C@@H](CC)OC(=O)[C@@](C)(F)C(=O)[C@H](C)[C@H]2O[C@@H]1O[C@H](C)C[C@H](N(C)C)[C@H]1O.NC(CC(=O)O)C(=O)O. The summed E-state index contributed by atoms with van der Waals surface area (Å²) in [6.45, 7) is 13.0. The first-order chi connectivity index (χ1) is 37.8. The Morgan fingerprint density at radius 1 is 1.02 bits per heavy atom. The normalized spacial score (nSPS) is 32.2. The molecular formula is C53H80FN9O17S. The zero-order valence-corrected chi connectivity index (χ0v) is 48.5. The number of cyclic esters (lactones) is 1. The van der Waals surface area contributed by atoms with Gasteiger partial charge < -0.3 is 76.4 Å². The number of amides is 3. The number of pyridine rings is 1. The van der Waals surface area contributed by atoms with Crippen molar-refractivity contribution in [1.82, 2.24) is 14.9 Å². The average molecular weight is 1170 g/mol. The lowest BCUT2D eigenvalue weighted by Crippen LogP contribution is -2.61. The molecule has 3 amide bonds. The highest BCUT2D eigenvalue weighted by Gasteiger charge is 2.57. The lowest BCUT2D eigenvalue weighted by molar-refractivity contribution is -0.296. The Labute approximate surface area is 473 Å². The number of thiazole rings is 1. The number of hydrogen-bond donors (Lipinski definition) is 8. The van der Waals surface area contributed by atoms with Gasteiger partial charge in [-0.05, 0) is 85.5 Å². The van der Waals surface area contributed by atoms with E-state index in [2.05, 4.69) is 25.4 Å². The molecule has 28 heteroatoms. The van der Waals surface area contributed by atoms with Crippen molar-refractivity contribution in [2.24, 2.45) is 45.1 Å². The van der Waals surface area contributed by atoms with Crippen LogP contribution in [0.15, 0.2) is 33.9 Å². The summed E-state index contributed by atoms with van der Waals surface area (Å²) >= 11 is 1.26. The lowest BCUT2D eigenvalue weighted by Gasteiger charge is -2.47. The third-order valence-electron chi connectivity index (χ3n) is 14.4. The number of carboxylic acids is 2. The molecule has 5 heterocycles. The second kappa shape index (κ2) is 29.4. The van der Waals surface area contributed by atoms with E-state index in [1.807, 2.05) is 11.8 Å². The van der Waals surface area contributed by atoms with Crippen LogP contribution in [-0.4, -0.2) is 187 Å². The molecule has 0 aliphatic carbocycles. The van der Waals surface area contributed by atoms with Gasteiger partial charge in [-0.15, -0.1) is 11.3 Å². The Kier molecular flexibility index (Phi) is 24.6. The quantitative estimate of drug-likeness (QED) is 0.0641. The molecule has 5 rings (SSSR count).